The van der Waals surface area contributed by atoms with Crippen LogP contribution >= 0.6 is 0 Å². The summed E-state index contributed by atoms with van der Waals surface area (Å²) < 4.78 is 10.7. The fraction of sp³-hybridized carbons (Fsp3) is 0.455. The largest absolute Gasteiger partial charge is 0.497 e. The highest BCUT2D eigenvalue weighted by atomic mass is 16.5. The van der Waals surface area contributed by atoms with Crippen molar-refractivity contribution < 1.29 is 9.47 Å². The molecule has 2 N–H and O–H groups in total. The summed E-state index contributed by atoms with van der Waals surface area (Å²) in [6.45, 7) is 2.70. The van der Waals surface area contributed by atoms with Gasteiger partial charge < -0.3 is 15.2 Å². The van der Waals surface area contributed by atoms with Crippen LogP contribution in [0.3, 0.4) is 0 Å². The Kier molecular flexibility index (Phi) is 2.11. The molecular formula is C11H15NO2. The van der Waals surface area contributed by atoms with Crippen molar-refractivity contribution in [2.75, 3.05) is 13.7 Å². The fourth-order valence-electron chi connectivity index (χ4n) is 1.73. The van der Waals surface area contributed by atoms with Crippen molar-refractivity contribution in [3.8, 4) is 11.5 Å². The van der Waals surface area contributed by atoms with Gasteiger partial charge in [0.15, 0.2) is 0 Å². The molecule has 0 amide bonds. The first kappa shape index (κ1) is 9.34. The van der Waals surface area contributed by atoms with Crippen LogP contribution in [-0.4, -0.2) is 13.7 Å². The molecule has 1 aliphatic heterocycles. The molecule has 14 heavy (non-hydrogen) atoms. The average molecular weight is 193 g/mol. The fourth-order valence-corrected chi connectivity index (χ4v) is 1.73. The molecule has 1 atom stereocenters. The lowest BCUT2D eigenvalue weighted by Crippen LogP contribution is -2.38. The van der Waals surface area contributed by atoms with E-state index in [2.05, 4.69) is 0 Å². The van der Waals surface area contributed by atoms with Crippen LogP contribution in [-0.2, 0) is 5.54 Å². The minimum atomic E-state index is -0.278. The minimum absolute atomic E-state index is 0.278. The predicted octanol–water partition coefficient (Wildman–Crippen LogP) is 1.65. The zero-order valence-electron chi connectivity index (χ0n) is 8.54. The molecule has 0 aromatic heterocycles. The summed E-state index contributed by atoms with van der Waals surface area (Å²) >= 11 is 0. The number of benzene rings is 1. The molecule has 0 aliphatic carbocycles. The van der Waals surface area contributed by atoms with E-state index in [4.69, 9.17) is 15.2 Å². The summed E-state index contributed by atoms with van der Waals surface area (Å²) in [6.07, 6.45) is 0.854. The molecule has 76 valence electrons. The summed E-state index contributed by atoms with van der Waals surface area (Å²) in [7, 11) is 1.65. The van der Waals surface area contributed by atoms with Crippen LogP contribution in [0.1, 0.15) is 18.9 Å². The van der Waals surface area contributed by atoms with Crippen molar-refractivity contribution in [2.24, 2.45) is 5.73 Å². The Morgan fingerprint density at radius 2 is 2.29 bits per heavy atom. The van der Waals surface area contributed by atoms with E-state index in [1.165, 1.54) is 0 Å². The van der Waals surface area contributed by atoms with E-state index < -0.39 is 0 Å². The Bertz CT molecular complexity index is 347. The molecule has 0 fully saturated rings. The van der Waals surface area contributed by atoms with Crippen molar-refractivity contribution in [1.29, 1.82) is 0 Å². The maximum atomic E-state index is 6.16. The number of ether oxygens (including phenoxy) is 2. The van der Waals surface area contributed by atoms with Crippen LogP contribution in [0, 0.1) is 0 Å². The minimum Gasteiger partial charge on any atom is -0.497 e. The molecule has 0 bridgehead atoms. The van der Waals surface area contributed by atoms with Crippen LogP contribution < -0.4 is 15.2 Å². The molecule has 1 unspecified atom stereocenters. The molecule has 3 heteroatoms. The Balaban J connectivity index is 2.46. The third-order valence-corrected chi connectivity index (χ3v) is 2.68. The monoisotopic (exact) mass is 193 g/mol. The molecule has 0 saturated carbocycles. The lowest BCUT2D eigenvalue weighted by molar-refractivity contribution is 0.226. The van der Waals surface area contributed by atoms with Gasteiger partial charge in [-0.2, -0.15) is 0 Å². The smallest absolute Gasteiger partial charge is 0.128 e. The SMILES string of the molecule is COc1ccc2c(c1)OCCC2(C)N. The first-order chi connectivity index (χ1) is 6.63. The van der Waals surface area contributed by atoms with E-state index in [9.17, 15) is 0 Å². The molecule has 2 rings (SSSR count). The highest BCUT2D eigenvalue weighted by molar-refractivity contribution is 5.45. The third kappa shape index (κ3) is 1.44. The maximum Gasteiger partial charge on any atom is 0.128 e. The Labute approximate surface area is 83.8 Å². The molecule has 1 aliphatic rings. The van der Waals surface area contributed by atoms with Crippen LogP contribution in [0.2, 0.25) is 0 Å². The van der Waals surface area contributed by atoms with Crippen molar-refractivity contribution >= 4 is 0 Å². The van der Waals surface area contributed by atoms with Gasteiger partial charge in [0.2, 0.25) is 0 Å². The second-order valence-corrected chi connectivity index (χ2v) is 3.88. The average Bonchev–Trinajstić information content (AvgIpc) is 2.16. The number of methoxy groups -OCH3 is 1. The third-order valence-electron chi connectivity index (χ3n) is 2.68. The highest BCUT2D eigenvalue weighted by Gasteiger charge is 2.29. The number of nitrogens with two attached hydrogens (primary N) is 1. The van der Waals surface area contributed by atoms with Gasteiger partial charge in [-0.25, -0.2) is 0 Å². The van der Waals surface area contributed by atoms with Gasteiger partial charge in [0.1, 0.15) is 11.5 Å². The second-order valence-electron chi connectivity index (χ2n) is 3.88. The standard InChI is InChI=1S/C11H15NO2/c1-11(12)5-6-14-10-7-8(13-2)3-4-9(10)11/h3-4,7H,5-6,12H2,1-2H3. The number of hydrogen-bond acceptors (Lipinski definition) is 3. The predicted molar refractivity (Wildman–Crippen MR) is 54.6 cm³/mol. The molecule has 0 saturated heterocycles. The van der Waals surface area contributed by atoms with Gasteiger partial charge in [-0.3, -0.25) is 0 Å². The molecule has 0 spiro atoms. The Morgan fingerprint density at radius 3 is 3.00 bits per heavy atom. The summed E-state index contributed by atoms with van der Waals surface area (Å²) in [5.41, 5.74) is 6.94. The van der Waals surface area contributed by atoms with Crippen LogP contribution in [0.4, 0.5) is 0 Å². The lowest BCUT2D eigenvalue weighted by Gasteiger charge is -2.32. The molecule has 0 radical (unpaired) electrons. The van der Waals surface area contributed by atoms with Gasteiger partial charge in [0.25, 0.3) is 0 Å². The maximum absolute atomic E-state index is 6.16. The van der Waals surface area contributed by atoms with Crippen LogP contribution in [0.5, 0.6) is 11.5 Å². The number of rotatable bonds is 1. The molecule has 1 aromatic carbocycles. The van der Waals surface area contributed by atoms with Crippen molar-refractivity contribution in [3.05, 3.63) is 23.8 Å². The molecule has 3 nitrogen and oxygen atoms in total. The number of fused-ring (bicyclic) bond motifs is 1. The van der Waals surface area contributed by atoms with E-state index in [0.29, 0.717) is 6.61 Å². The summed E-state index contributed by atoms with van der Waals surface area (Å²) in [6, 6.07) is 5.78. The quantitative estimate of drug-likeness (QED) is 0.737. The van der Waals surface area contributed by atoms with Crippen molar-refractivity contribution in [2.45, 2.75) is 18.9 Å². The zero-order chi connectivity index (χ0) is 10.2. The second kappa shape index (κ2) is 3.17. The van der Waals surface area contributed by atoms with Gasteiger partial charge >= 0.3 is 0 Å². The van der Waals surface area contributed by atoms with Gasteiger partial charge in [-0.05, 0) is 19.1 Å². The number of hydrogen-bond donors (Lipinski definition) is 1. The Morgan fingerprint density at radius 1 is 1.50 bits per heavy atom. The zero-order valence-corrected chi connectivity index (χ0v) is 8.54. The van der Waals surface area contributed by atoms with Crippen molar-refractivity contribution in [3.63, 3.8) is 0 Å². The topological polar surface area (TPSA) is 44.5 Å². The molecular weight excluding hydrogens is 178 g/mol. The van der Waals surface area contributed by atoms with E-state index in [1.807, 2.05) is 25.1 Å². The van der Waals surface area contributed by atoms with E-state index in [0.717, 1.165) is 23.5 Å². The normalized spacial score (nSPS) is 25.1. The lowest BCUT2D eigenvalue weighted by atomic mass is 9.87. The van der Waals surface area contributed by atoms with Gasteiger partial charge in [-0.15, -0.1) is 0 Å². The first-order valence-electron chi connectivity index (χ1n) is 4.74. The van der Waals surface area contributed by atoms with Crippen molar-refractivity contribution in [1.82, 2.24) is 0 Å². The van der Waals surface area contributed by atoms with E-state index >= 15 is 0 Å². The van der Waals surface area contributed by atoms with Gasteiger partial charge in [0.05, 0.1) is 13.7 Å². The molecule has 1 aromatic rings. The first-order valence-corrected chi connectivity index (χ1v) is 4.74. The van der Waals surface area contributed by atoms with E-state index in [1.54, 1.807) is 7.11 Å². The van der Waals surface area contributed by atoms with Crippen LogP contribution in [0.15, 0.2) is 18.2 Å². The van der Waals surface area contributed by atoms with E-state index in [-0.39, 0.29) is 5.54 Å². The van der Waals surface area contributed by atoms with Gasteiger partial charge in [-0.1, -0.05) is 0 Å². The summed E-state index contributed by atoms with van der Waals surface area (Å²) in [4.78, 5) is 0. The summed E-state index contributed by atoms with van der Waals surface area (Å²) in [5.74, 6) is 1.65. The van der Waals surface area contributed by atoms with Gasteiger partial charge in [0, 0.05) is 23.6 Å². The Hall–Kier alpha value is -1.22. The van der Waals surface area contributed by atoms with Crippen LogP contribution in [0.25, 0.3) is 0 Å². The molecule has 1 heterocycles. The summed E-state index contributed by atoms with van der Waals surface area (Å²) in [5, 5.41) is 0. The highest BCUT2D eigenvalue weighted by Crippen LogP contribution is 2.36.